The van der Waals surface area contributed by atoms with Crippen LogP contribution in [0.3, 0.4) is 0 Å². The first-order valence-electron chi connectivity index (χ1n) is 6.67. The minimum Gasteiger partial charge on any atom is -0.481 e. The lowest BCUT2D eigenvalue weighted by atomic mass is 9.94. The Morgan fingerprint density at radius 1 is 1.38 bits per heavy atom. The second kappa shape index (κ2) is 6.56. The third-order valence-corrected chi connectivity index (χ3v) is 3.31. The minimum atomic E-state index is -1.05. The van der Waals surface area contributed by atoms with Gasteiger partial charge in [0.25, 0.3) is 0 Å². The predicted molar refractivity (Wildman–Crippen MR) is 77.5 cm³/mol. The summed E-state index contributed by atoms with van der Waals surface area (Å²) in [4.78, 5) is 22.7. The summed E-state index contributed by atoms with van der Waals surface area (Å²) in [6.45, 7) is 6.44. The van der Waals surface area contributed by atoms with E-state index in [1.54, 1.807) is 26.0 Å². The van der Waals surface area contributed by atoms with E-state index in [1.165, 1.54) is 19.9 Å². The third kappa shape index (κ3) is 4.73. The highest BCUT2D eigenvalue weighted by molar-refractivity contribution is 5.77. The van der Waals surface area contributed by atoms with Crippen molar-refractivity contribution in [1.29, 1.82) is 0 Å². The lowest BCUT2D eigenvalue weighted by molar-refractivity contribution is -0.146. The first kappa shape index (κ1) is 16.9. The molecule has 21 heavy (non-hydrogen) atoms. The van der Waals surface area contributed by atoms with Gasteiger partial charge >= 0.3 is 12.0 Å². The Morgan fingerprint density at radius 2 is 2.00 bits per heavy atom. The molecule has 0 fully saturated rings. The summed E-state index contributed by atoms with van der Waals surface area (Å²) in [5, 5.41) is 14.1. The summed E-state index contributed by atoms with van der Waals surface area (Å²) in [5.41, 5.74) is 0.139. The van der Waals surface area contributed by atoms with Crippen LogP contribution in [0.15, 0.2) is 18.2 Å². The average Bonchev–Trinajstić information content (AvgIpc) is 2.39. The first-order chi connectivity index (χ1) is 9.63. The largest absolute Gasteiger partial charge is 0.481 e. The minimum absolute atomic E-state index is 0.00312. The number of nitrogens with one attached hydrogen (secondary N) is 2. The topological polar surface area (TPSA) is 78.4 Å². The van der Waals surface area contributed by atoms with Gasteiger partial charge in [-0.25, -0.2) is 9.18 Å². The number of hydrogen-bond donors (Lipinski definition) is 3. The van der Waals surface area contributed by atoms with Crippen LogP contribution in [0.2, 0.25) is 0 Å². The summed E-state index contributed by atoms with van der Waals surface area (Å²) >= 11 is 0. The quantitative estimate of drug-likeness (QED) is 0.781. The fraction of sp³-hybridized carbons (Fsp3) is 0.467. The fourth-order valence-electron chi connectivity index (χ4n) is 1.59. The Labute approximate surface area is 123 Å². The molecule has 5 nitrogen and oxygen atoms in total. The lowest BCUT2D eigenvalue weighted by Crippen LogP contribution is -2.44. The van der Waals surface area contributed by atoms with Crippen molar-refractivity contribution >= 4 is 12.0 Å². The van der Waals surface area contributed by atoms with Gasteiger partial charge in [0.1, 0.15) is 5.82 Å². The van der Waals surface area contributed by atoms with E-state index >= 15 is 0 Å². The number of carbonyl (C=O) groups is 2. The normalized spacial score (nSPS) is 12.6. The van der Waals surface area contributed by atoms with Crippen molar-refractivity contribution in [3.63, 3.8) is 0 Å². The zero-order valence-electron chi connectivity index (χ0n) is 12.7. The van der Waals surface area contributed by atoms with E-state index < -0.39 is 17.4 Å². The lowest BCUT2D eigenvalue weighted by Gasteiger charge is -2.21. The van der Waals surface area contributed by atoms with Crippen molar-refractivity contribution < 1.29 is 19.1 Å². The second-order valence-electron chi connectivity index (χ2n) is 5.75. The molecule has 2 amide bonds. The zero-order valence-corrected chi connectivity index (χ0v) is 12.7. The summed E-state index contributed by atoms with van der Waals surface area (Å²) in [5.74, 6) is -1.31. The molecule has 1 atom stereocenters. The van der Waals surface area contributed by atoms with Crippen molar-refractivity contribution in [1.82, 2.24) is 10.6 Å². The van der Waals surface area contributed by atoms with Crippen molar-refractivity contribution in [3.05, 3.63) is 35.1 Å². The second-order valence-corrected chi connectivity index (χ2v) is 5.75. The van der Waals surface area contributed by atoms with Gasteiger partial charge in [0.05, 0.1) is 11.5 Å². The smallest absolute Gasteiger partial charge is 0.315 e. The van der Waals surface area contributed by atoms with E-state index in [0.29, 0.717) is 11.1 Å². The number of aliphatic carboxylic acids is 1. The average molecular weight is 296 g/mol. The molecule has 1 unspecified atom stereocenters. The van der Waals surface area contributed by atoms with Gasteiger partial charge in [-0.3, -0.25) is 4.79 Å². The molecule has 0 aliphatic heterocycles. The van der Waals surface area contributed by atoms with Crippen LogP contribution in [0.1, 0.15) is 37.9 Å². The number of carboxylic acid groups (broad SMARTS) is 1. The van der Waals surface area contributed by atoms with Crippen LogP contribution in [0.4, 0.5) is 9.18 Å². The number of aryl methyl sites for hydroxylation is 1. The van der Waals surface area contributed by atoms with Gasteiger partial charge < -0.3 is 15.7 Å². The van der Waals surface area contributed by atoms with Crippen LogP contribution in [-0.2, 0) is 4.79 Å². The number of halogens is 1. The molecule has 0 aliphatic rings. The number of rotatable bonds is 5. The molecule has 0 radical (unpaired) electrons. The summed E-state index contributed by atoms with van der Waals surface area (Å²) in [6.07, 6.45) is 0. The van der Waals surface area contributed by atoms with Crippen LogP contribution in [0.5, 0.6) is 0 Å². The molecule has 0 saturated carbocycles. The number of carboxylic acids is 1. The highest BCUT2D eigenvalue weighted by atomic mass is 19.1. The molecule has 1 aromatic rings. The van der Waals surface area contributed by atoms with E-state index in [9.17, 15) is 14.0 Å². The number of amides is 2. The van der Waals surface area contributed by atoms with Gasteiger partial charge in [0.15, 0.2) is 0 Å². The Balaban J connectivity index is 2.58. The summed E-state index contributed by atoms with van der Waals surface area (Å²) in [6, 6.07) is 3.89. The fourth-order valence-corrected chi connectivity index (χ4v) is 1.59. The molecule has 6 heteroatoms. The molecular formula is C15H21FN2O3. The molecule has 0 spiro atoms. The standard InChI is InChI=1S/C15H21FN2O3/c1-9-5-6-11(7-12(9)16)10(2)18-14(21)17-8-15(3,4)13(19)20/h5-7,10H,8H2,1-4H3,(H,19,20)(H2,17,18,21). The monoisotopic (exact) mass is 296 g/mol. The number of carbonyl (C=O) groups excluding carboxylic acids is 1. The Bertz CT molecular complexity index is 544. The highest BCUT2D eigenvalue weighted by Crippen LogP contribution is 2.16. The molecule has 0 bridgehead atoms. The van der Waals surface area contributed by atoms with E-state index in [4.69, 9.17) is 5.11 Å². The van der Waals surface area contributed by atoms with Crippen molar-refractivity contribution in [3.8, 4) is 0 Å². The maximum absolute atomic E-state index is 13.5. The van der Waals surface area contributed by atoms with Crippen LogP contribution in [-0.4, -0.2) is 23.7 Å². The van der Waals surface area contributed by atoms with E-state index in [-0.39, 0.29) is 18.4 Å². The Kier molecular flexibility index (Phi) is 5.29. The van der Waals surface area contributed by atoms with Crippen molar-refractivity contribution in [2.75, 3.05) is 6.54 Å². The van der Waals surface area contributed by atoms with Gasteiger partial charge in [0.2, 0.25) is 0 Å². The van der Waals surface area contributed by atoms with Gasteiger partial charge in [0, 0.05) is 6.54 Å². The van der Waals surface area contributed by atoms with Crippen LogP contribution >= 0.6 is 0 Å². The molecule has 3 N–H and O–H groups in total. The van der Waals surface area contributed by atoms with Gasteiger partial charge in [-0.05, 0) is 44.9 Å². The zero-order chi connectivity index (χ0) is 16.2. The molecular weight excluding hydrogens is 275 g/mol. The SMILES string of the molecule is Cc1ccc(C(C)NC(=O)NCC(C)(C)C(=O)O)cc1F. The predicted octanol–water partition coefficient (Wildman–Crippen LogP) is 2.61. The molecule has 116 valence electrons. The maximum Gasteiger partial charge on any atom is 0.315 e. The van der Waals surface area contributed by atoms with Gasteiger partial charge in [-0.2, -0.15) is 0 Å². The summed E-state index contributed by atoms with van der Waals surface area (Å²) < 4.78 is 13.5. The molecule has 1 rings (SSSR count). The van der Waals surface area contributed by atoms with E-state index in [0.717, 1.165) is 0 Å². The summed E-state index contributed by atoms with van der Waals surface area (Å²) in [7, 11) is 0. The van der Waals surface area contributed by atoms with Crippen LogP contribution in [0.25, 0.3) is 0 Å². The van der Waals surface area contributed by atoms with Crippen molar-refractivity contribution in [2.45, 2.75) is 33.7 Å². The molecule has 0 aromatic heterocycles. The van der Waals surface area contributed by atoms with Gasteiger partial charge in [-0.15, -0.1) is 0 Å². The Hall–Kier alpha value is -2.11. The number of urea groups is 1. The van der Waals surface area contributed by atoms with Gasteiger partial charge in [-0.1, -0.05) is 12.1 Å². The molecule has 0 saturated heterocycles. The maximum atomic E-state index is 13.5. The van der Waals surface area contributed by atoms with Crippen LogP contribution in [0, 0.1) is 18.2 Å². The van der Waals surface area contributed by atoms with E-state index in [1.807, 2.05) is 0 Å². The number of hydrogen-bond acceptors (Lipinski definition) is 2. The molecule has 1 aromatic carbocycles. The first-order valence-corrected chi connectivity index (χ1v) is 6.67. The Morgan fingerprint density at radius 3 is 2.52 bits per heavy atom. The molecule has 0 aliphatic carbocycles. The highest BCUT2D eigenvalue weighted by Gasteiger charge is 2.27. The van der Waals surface area contributed by atoms with E-state index in [2.05, 4.69) is 10.6 Å². The third-order valence-electron chi connectivity index (χ3n) is 3.31. The van der Waals surface area contributed by atoms with Crippen molar-refractivity contribution in [2.24, 2.45) is 5.41 Å². The molecule has 0 heterocycles. The van der Waals surface area contributed by atoms with Crippen LogP contribution < -0.4 is 10.6 Å². The number of benzene rings is 1.